The molecule has 0 atom stereocenters. The number of hydrogen-bond donors (Lipinski definition) is 0. The zero-order valence-corrected chi connectivity index (χ0v) is 15.1. The highest BCUT2D eigenvalue weighted by molar-refractivity contribution is 5.64. The van der Waals surface area contributed by atoms with E-state index in [4.69, 9.17) is 4.74 Å². The first-order valence-corrected chi connectivity index (χ1v) is 8.68. The van der Waals surface area contributed by atoms with Gasteiger partial charge in [0.1, 0.15) is 18.2 Å². The fraction of sp³-hybridized carbons (Fsp3) is 0.0952. The van der Waals surface area contributed by atoms with Gasteiger partial charge in [-0.05, 0) is 45.8 Å². The Kier molecular flexibility index (Phi) is 4.72. The summed E-state index contributed by atoms with van der Waals surface area (Å²) in [6, 6.07) is 21.9. The Labute approximate surface area is 160 Å². The summed E-state index contributed by atoms with van der Waals surface area (Å²) in [5.74, 6) is 0.122. The number of tetrazole rings is 1. The Morgan fingerprint density at radius 3 is 2.43 bits per heavy atom. The van der Waals surface area contributed by atoms with Gasteiger partial charge in [0.2, 0.25) is 0 Å². The average molecular weight is 376 g/mol. The third-order valence-electron chi connectivity index (χ3n) is 4.37. The molecule has 0 aliphatic carbocycles. The maximum atomic E-state index is 14.5. The van der Waals surface area contributed by atoms with E-state index in [2.05, 4.69) is 10.4 Å². The van der Waals surface area contributed by atoms with Gasteiger partial charge in [-0.3, -0.25) is 0 Å². The van der Waals surface area contributed by atoms with E-state index in [0.29, 0.717) is 11.4 Å². The van der Waals surface area contributed by atoms with Crippen LogP contribution in [0.2, 0.25) is 0 Å². The lowest BCUT2D eigenvalue weighted by Crippen LogP contribution is -2.23. The molecule has 0 bridgehead atoms. The molecule has 0 fully saturated rings. The normalized spacial score (nSPS) is 10.8. The summed E-state index contributed by atoms with van der Waals surface area (Å²) in [7, 11) is 1.48. The lowest BCUT2D eigenvalue weighted by atomic mass is 10.1. The zero-order chi connectivity index (χ0) is 19.5. The third-order valence-corrected chi connectivity index (χ3v) is 4.37. The molecule has 0 aliphatic rings. The molecular formula is C21H17FN4O2. The summed E-state index contributed by atoms with van der Waals surface area (Å²) in [6.07, 6.45) is 0. The summed E-state index contributed by atoms with van der Waals surface area (Å²) < 4.78 is 22.4. The van der Waals surface area contributed by atoms with E-state index in [1.807, 2.05) is 48.5 Å². The van der Waals surface area contributed by atoms with Gasteiger partial charge in [-0.2, -0.15) is 9.36 Å². The lowest BCUT2D eigenvalue weighted by molar-refractivity contribution is 0.299. The van der Waals surface area contributed by atoms with Gasteiger partial charge in [-0.1, -0.05) is 48.5 Å². The molecule has 3 aromatic carbocycles. The predicted molar refractivity (Wildman–Crippen MR) is 103 cm³/mol. The molecule has 0 spiro atoms. The van der Waals surface area contributed by atoms with Crippen LogP contribution in [0.3, 0.4) is 0 Å². The molecule has 4 rings (SSSR count). The van der Waals surface area contributed by atoms with Crippen molar-refractivity contribution in [1.29, 1.82) is 0 Å². The van der Waals surface area contributed by atoms with Gasteiger partial charge in [0.15, 0.2) is 0 Å². The van der Waals surface area contributed by atoms with E-state index in [9.17, 15) is 9.18 Å². The number of aryl methyl sites for hydroxylation is 1. The third kappa shape index (κ3) is 3.42. The molecule has 1 aromatic heterocycles. The molecule has 0 N–H and O–H groups in total. The fourth-order valence-corrected chi connectivity index (χ4v) is 2.90. The van der Waals surface area contributed by atoms with Gasteiger partial charge in [-0.15, -0.1) is 0 Å². The largest absolute Gasteiger partial charge is 0.489 e. The minimum absolute atomic E-state index is 0.0523. The van der Waals surface area contributed by atoms with Crippen LogP contribution in [0.5, 0.6) is 5.75 Å². The van der Waals surface area contributed by atoms with E-state index in [1.165, 1.54) is 19.2 Å². The maximum absolute atomic E-state index is 14.5. The van der Waals surface area contributed by atoms with Gasteiger partial charge < -0.3 is 4.74 Å². The second kappa shape index (κ2) is 7.48. The van der Waals surface area contributed by atoms with Crippen molar-refractivity contribution in [2.24, 2.45) is 7.05 Å². The molecule has 0 radical (unpaired) electrons. The Morgan fingerprint density at radius 2 is 1.68 bits per heavy atom. The van der Waals surface area contributed by atoms with E-state index in [0.717, 1.165) is 20.5 Å². The first kappa shape index (κ1) is 17.7. The van der Waals surface area contributed by atoms with Crippen LogP contribution in [-0.2, 0) is 13.7 Å². The summed E-state index contributed by atoms with van der Waals surface area (Å²) in [4.78, 5) is 12.1. The van der Waals surface area contributed by atoms with Crippen LogP contribution in [0, 0.1) is 5.82 Å². The standard InChI is InChI=1S/C21H17FN4O2/c1-25-21(27)26(24-23-25)20-12-6-11-19(22)18(20)14-28-17-10-5-9-16(13-17)15-7-3-2-4-8-15/h2-13H,14H2,1H3. The van der Waals surface area contributed by atoms with E-state index in [-0.39, 0.29) is 12.2 Å². The zero-order valence-electron chi connectivity index (χ0n) is 15.1. The van der Waals surface area contributed by atoms with E-state index in [1.54, 1.807) is 12.1 Å². The molecule has 0 amide bonds. The van der Waals surface area contributed by atoms with Gasteiger partial charge in [-0.25, -0.2) is 9.18 Å². The molecule has 4 aromatic rings. The molecule has 0 unspecified atom stereocenters. The minimum Gasteiger partial charge on any atom is -0.489 e. The highest BCUT2D eigenvalue weighted by Crippen LogP contribution is 2.25. The highest BCUT2D eigenvalue weighted by atomic mass is 19.1. The Balaban J connectivity index is 1.63. The summed E-state index contributed by atoms with van der Waals surface area (Å²) >= 11 is 0. The Bertz CT molecular complexity index is 1170. The first-order valence-electron chi connectivity index (χ1n) is 8.68. The second-order valence-corrected chi connectivity index (χ2v) is 6.22. The van der Waals surface area contributed by atoms with Crippen LogP contribution in [0.1, 0.15) is 5.56 Å². The average Bonchev–Trinajstić information content (AvgIpc) is 3.06. The number of hydrogen-bond acceptors (Lipinski definition) is 4. The number of halogens is 1. The number of nitrogens with zero attached hydrogens (tertiary/aromatic N) is 4. The topological polar surface area (TPSA) is 61.9 Å². The molecule has 0 saturated carbocycles. The van der Waals surface area contributed by atoms with Crippen molar-refractivity contribution in [2.75, 3.05) is 0 Å². The molecule has 28 heavy (non-hydrogen) atoms. The van der Waals surface area contributed by atoms with E-state index < -0.39 is 11.5 Å². The van der Waals surface area contributed by atoms with Crippen molar-refractivity contribution in [2.45, 2.75) is 6.61 Å². The van der Waals surface area contributed by atoms with Crippen LogP contribution in [0.15, 0.2) is 77.6 Å². The summed E-state index contributed by atoms with van der Waals surface area (Å²) in [6.45, 7) is -0.0523. The predicted octanol–water partition coefficient (Wildman–Crippen LogP) is 3.35. The maximum Gasteiger partial charge on any atom is 0.368 e. The van der Waals surface area contributed by atoms with Crippen LogP contribution in [0.4, 0.5) is 4.39 Å². The van der Waals surface area contributed by atoms with E-state index >= 15 is 0 Å². The fourth-order valence-electron chi connectivity index (χ4n) is 2.90. The van der Waals surface area contributed by atoms with Gasteiger partial charge in [0.25, 0.3) is 0 Å². The molecule has 140 valence electrons. The number of benzene rings is 3. The van der Waals surface area contributed by atoms with Gasteiger partial charge >= 0.3 is 5.69 Å². The SMILES string of the molecule is Cn1nnn(-c2cccc(F)c2COc2cccc(-c3ccccc3)c2)c1=O. The van der Waals surface area contributed by atoms with Crippen LogP contribution < -0.4 is 10.4 Å². The van der Waals surface area contributed by atoms with Crippen molar-refractivity contribution in [3.8, 4) is 22.6 Å². The number of aromatic nitrogens is 4. The number of rotatable bonds is 5. The first-order chi connectivity index (χ1) is 13.6. The van der Waals surface area contributed by atoms with Crippen molar-refractivity contribution >= 4 is 0 Å². The van der Waals surface area contributed by atoms with Crippen molar-refractivity contribution in [3.63, 3.8) is 0 Å². The van der Waals surface area contributed by atoms with Gasteiger partial charge in [0.05, 0.1) is 11.3 Å². The molecule has 1 heterocycles. The Hall–Kier alpha value is -3.74. The minimum atomic E-state index is -0.478. The molecular weight excluding hydrogens is 359 g/mol. The highest BCUT2D eigenvalue weighted by Gasteiger charge is 2.15. The summed E-state index contributed by atoms with van der Waals surface area (Å²) in [5.41, 5.74) is 2.13. The second-order valence-electron chi connectivity index (χ2n) is 6.22. The van der Waals surface area contributed by atoms with Crippen LogP contribution in [-0.4, -0.2) is 19.8 Å². The molecule has 0 aliphatic heterocycles. The molecule has 0 saturated heterocycles. The molecule has 6 nitrogen and oxygen atoms in total. The van der Waals surface area contributed by atoms with Gasteiger partial charge in [0, 0.05) is 7.05 Å². The quantitative estimate of drug-likeness (QED) is 0.536. The van der Waals surface area contributed by atoms with Crippen LogP contribution >= 0.6 is 0 Å². The lowest BCUT2D eigenvalue weighted by Gasteiger charge is -2.12. The smallest absolute Gasteiger partial charge is 0.368 e. The van der Waals surface area contributed by atoms with Crippen molar-refractivity contribution in [1.82, 2.24) is 19.8 Å². The van der Waals surface area contributed by atoms with Crippen LogP contribution in [0.25, 0.3) is 16.8 Å². The monoisotopic (exact) mass is 376 g/mol. The number of ether oxygens (including phenoxy) is 1. The van der Waals surface area contributed by atoms with Crippen molar-refractivity contribution in [3.05, 3.63) is 94.7 Å². The summed E-state index contributed by atoms with van der Waals surface area (Å²) in [5, 5.41) is 7.47. The van der Waals surface area contributed by atoms with Crippen molar-refractivity contribution < 1.29 is 9.13 Å². The molecule has 7 heteroatoms. The Morgan fingerprint density at radius 1 is 0.929 bits per heavy atom.